The van der Waals surface area contributed by atoms with E-state index in [1.54, 1.807) is 30.3 Å². The molecule has 3 amide bonds. The summed E-state index contributed by atoms with van der Waals surface area (Å²) in [5.74, 6) is -1.84. The zero-order valence-electron chi connectivity index (χ0n) is 15.4. The number of carbonyl (C=O) groups is 3. The van der Waals surface area contributed by atoms with Gasteiger partial charge in [0, 0.05) is 29.1 Å². The van der Waals surface area contributed by atoms with Gasteiger partial charge >= 0.3 is 0 Å². The number of hydrogen-bond acceptors (Lipinski definition) is 5. The normalized spacial score (nSPS) is 14.9. The van der Waals surface area contributed by atoms with Crippen molar-refractivity contribution < 1.29 is 18.8 Å². The van der Waals surface area contributed by atoms with Crippen molar-refractivity contribution in [1.82, 2.24) is 15.8 Å². The Kier molecular flexibility index (Phi) is 7.20. The largest absolute Gasteiger partial charge is 0.292 e. The zero-order chi connectivity index (χ0) is 21.7. The summed E-state index contributed by atoms with van der Waals surface area (Å²) in [6, 6.07) is 12.2. The molecule has 0 aromatic heterocycles. The third-order valence-corrected chi connectivity index (χ3v) is 5.68. The lowest BCUT2D eigenvalue weighted by atomic mass is 10.2. The van der Waals surface area contributed by atoms with Crippen molar-refractivity contribution >= 4 is 63.7 Å². The molecule has 0 saturated carbocycles. The number of thiocarbonyl (C=S) groups is 1. The minimum atomic E-state index is -0.501. The summed E-state index contributed by atoms with van der Waals surface area (Å²) in [6.07, 6.45) is 1.35. The van der Waals surface area contributed by atoms with Gasteiger partial charge in [-0.05, 0) is 36.4 Å². The average Bonchev–Trinajstić information content (AvgIpc) is 2.99. The second-order valence-electron chi connectivity index (χ2n) is 6.11. The topological polar surface area (TPSA) is 78.5 Å². The number of nitrogens with zero attached hydrogens (tertiary/aromatic N) is 1. The first-order valence-corrected chi connectivity index (χ1v) is 10.3. The third-order valence-electron chi connectivity index (χ3n) is 4.05. The molecule has 154 valence electrons. The fraction of sp³-hybridized carbons (Fsp3) is 0.100. The maximum absolute atomic E-state index is 13.8. The third kappa shape index (κ3) is 5.44. The predicted octanol–water partition coefficient (Wildman–Crippen LogP) is 3.53. The van der Waals surface area contributed by atoms with Gasteiger partial charge in [0.15, 0.2) is 0 Å². The van der Waals surface area contributed by atoms with E-state index in [1.165, 1.54) is 29.2 Å². The molecule has 2 aromatic carbocycles. The first kappa shape index (κ1) is 21.9. The number of hydrogen-bond donors (Lipinski definition) is 2. The molecule has 0 unspecified atom stereocenters. The van der Waals surface area contributed by atoms with Crippen LogP contribution in [0.4, 0.5) is 4.39 Å². The molecule has 1 saturated heterocycles. The number of halogens is 2. The highest BCUT2D eigenvalue weighted by Crippen LogP contribution is 2.32. The predicted molar refractivity (Wildman–Crippen MR) is 118 cm³/mol. The highest BCUT2D eigenvalue weighted by atomic mass is 35.5. The van der Waals surface area contributed by atoms with Crippen LogP contribution in [-0.2, 0) is 9.59 Å². The van der Waals surface area contributed by atoms with Crippen molar-refractivity contribution in [2.24, 2.45) is 0 Å². The van der Waals surface area contributed by atoms with Gasteiger partial charge < -0.3 is 0 Å². The second-order valence-corrected chi connectivity index (χ2v) is 8.23. The molecule has 30 heavy (non-hydrogen) atoms. The van der Waals surface area contributed by atoms with Crippen LogP contribution in [-0.4, -0.2) is 33.5 Å². The van der Waals surface area contributed by atoms with Gasteiger partial charge in [-0.25, -0.2) is 4.39 Å². The van der Waals surface area contributed by atoms with Gasteiger partial charge in [-0.3, -0.25) is 30.1 Å². The molecule has 0 aliphatic carbocycles. The molecule has 1 aliphatic rings. The number of benzene rings is 2. The standard InChI is InChI=1S/C20H15ClFN3O3S2/c21-14-7-5-12(6-8-14)18(27)24-23-17(26)9-10-25-19(28)16(30-20(25)29)11-13-3-1-2-4-15(13)22/h1-8,11H,9-10H2,(H,23,26)(H,24,27). The first-order valence-electron chi connectivity index (χ1n) is 8.70. The summed E-state index contributed by atoms with van der Waals surface area (Å²) < 4.78 is 14.1. The molecule has 0 atom stereocenters. The Labute approximate surface area is 186 Å². The fourth-order valence-electron chi connectivity index (χ4n) is 2.50. The van der Waals surface area contributed by atoms with Crippen LogP contribution < -0.4 is 10.9 Å². The lowest BCUT2D eigenvalue weighted by molar-refractivity contribution is -0.124. The van der Waals surface area contributed by atoms with Gasteiger partial charge in [-0.1, -0.05) is 53.8 Å². The van der Waals surface area contributed by atoms with Crippen LogP contribution in [0.1, 0.15) is 22.3 Å². The minimum absolute atomic E-state index is 0.0297. The Hall–Kier alpha value is -2.75. The van der Waals surface area contributed by atoms with Crippen molar-refractivity contribution in [2.75, 3.05) is 6.54 Å². The van der Waals surface area contributed by atoms with Crippen molar-refractivity contribution in [3.05, 3.63) is 75.4 Å². The smallest absolute Gasteiger partial charge is 0.269 e. The fourth-order valence-corrected chi connectivity index (χ4v) is 3.93. The van der Waals surface area contributed by atoms with E-state index >= 15 is 0 Å². The number of nitrogens with one attached hydrogen (secondary N) is 2. The number of carbonyl (C=O) groups excluding carboxylic acids is 3. The van der Waals surface area contributed by atoms with Crippen LogP contribution in [0.3, 0.4) is 0 Å². The van der Waals surface area contributed by atoms with Gasteiger partial charge in [-0.2, -0.15) is 0 Å². The van der Waals surface area contributed by atoms with Crippen LogP contribution in [0.25, 0.3) is 6.08 Å². The van der Waals surface area contributed by atoms with Crippen LogP contribution in [0, 0.1) is 5.82 Å². The summed E-state index contributed by atoms with van der Waals surface area (Å²) in [5, 5.41) is 0.489. The number of thioether (sulfide) groups is 1. The molecule has 0 bridgehead atoms. The van der Waals surface area contributed by atoms with Crippen molar-refractivity contribution in [1.29, 1.82) is 0 Å². The lowest BCUT2D eigenvalue weighted by Gasteiger charge is -2.14. The minimum Gasteiger partial charge on any atom is -0.292 e. The van der Waals surface area contributed by atoms with Gasteiger partial charge in [-0.15, -0.1) is 0 Å². The molecule has 0 spiro atoms. The average molecular weight is 464 g/mol. The monoisotopic (exact) mass is 463 g/mol. The van der Waals surface area contributed by atoms with Crippen molar-refractivity contribution in [3.8, 4) is 0 Å². The van der Waals surface area contributed by atoms with Crippen LogP contribution in [0.5, 0.6) is 0 Å². The van der Waals surface area contributed by atoms with Gasteiger partial charge in [0.25, 0.3) is 11.8 Å². The molecule has 2 aromatic rings. The Morgan fingerprint density at radius 1 is 1.13 bits per heavy atom. The summed E-state index contributed by atoms with van der Waals surface area (Å²) in [5.41, 5.74) is 5.18. The van der Waals surface area contributed by atoms with E-state index < -0.39 is 23.5 Å². The molecule has 1 aliphatic heterocycles. The van der Waals surface area contributed by atoms with Crippen LogP contribution in [0.2, 0.25) is 5.02 Å². The van der Waals surface area contributed by atoms with Gasteiger partial charge in [0.1, 0.15) is 10.1 Å². The summed E-state index contributed by atoms with van der Waals surface area (Å²) >= 11 is 12.0. The highest BCUT2D eigenvalue weighted by Gasteiger charge is 2.32. The highest BCUT2D eigenvalue weighted by molar-refractivity contribution is 8.26. The van der Waals surface area contributed by atoms with Crippen molar-refractivity contribution in [2.45, 2.75) is 6.42 Å². The molecule has 3 rings (SSSR count). The molecule has 2 N–H and O–H groups in total. The molecular formula is C20H15ClFN3O3S2. The molecule has 10 heteroatoms. The van der Waals surface area contributed by atoms with Crippen molar-refractivity contribution in [3.63, 3.8) is 0 Å². The van der Waals surface area contributed by atoms with Gasteiger partial charge in [0.2, 0.25) is 5.91 Å². The molecule has 1 fully saturated rings. The Morgan fingerprint density at radius 2 is 1.83 bits per heavy atom. The Balaban J connectivity index is 1.52. The van der Waals surface area contributed by atoms with E-state index in [4.69, 9.17) is 23.8 Å². The maximum Gasteiger partial charge on any atom is 0.269 e. The van der Waals surface area contributed by atoms with Crippen LogP contribution >= 0.6 is 35.6 Å². The van der Waals surface area contributed by atoms with E-state index in [0.29, 0.717) is 10.6 Å². The van der Waals surface area contributed by atoms with Gasteiger partial charge in [0.05, 0.1) is 4.91 Å². The van der Waals surface area contributed by atoms with E-state index in [9.17, 15) is 18.8 Å². The van der Waals surface area contributed by atoms with E-state index in [2.05, 4.69) is 10.9 Å². The summed E-state index contributed by atoms with van der Waals surface area (Å²) in [4.78, 5) is 38.1. The second kappa shape index (κ2) is 9.84. The molecule has 6 nitrogen and oxygen atoms in total. The maximum atomic E-state index is 13.8. The number of rotatable bonds is 5. The molecular weight excluding hydrogens is 449 g/mol. The lowest BCUT2D eigenvalue weighted by Crippen LogP contribution is -2.43. The Bertz CT molecular complexity index is 1040. The SMILES string of the molecule is O=C(CCN1C(=O)C(=Cc2ccccc2F)SC1=S)NNC(=O)c1ccc(Cl)cc1. The first-order chi connectivity index (χ1) is 14.3. The van der Waals surface area contributed by atoms with E-state index in [0.717, 1.165) is 11.8 Å². The summed E-state index contributed by atoms with van der Waals surface area (Å²) in [7, 11) is 0. The number of hydrazine groups is 1. The molecule has 1 heterocycles. The zero-order valence-corrected chi connectivity index (χ0v) is 17.7. The van der Waals surface area contributed by atoms with E-state index in [1.807, 2.05) is 0 Å². The number of amides is 3. The Morgan fingerprint density at radius 3 is 2.53 bits per heavy atom. The quantitative estimate of drug-likeness (QED) is 0.403. The summed E-state index contributed by atoms with van der Waals surface area (Å²) in [6.45, 7) is 0.0297. The van der Waals surface area contributed by atoms with E-state index in [-0.39, 0.29) is 27.8 Å². The van der Waals surface area contributed by atoms with Crippen LogP contribution in [0.15, 0.2) is 53.4 Å². The molecule has 0 radical (unpaired) electrons.